The van der Waals surface area contributed by atoms with Gasteiger partial charge in [-0.05, 0) is 47.9 Å². The summed E-state index contributed by atoms with van der Waals surface area (Å²) < 4.78 is 12.9. The minimum atomic E-state index is -0.527. The maximum atomic E-state index is 12.9. The van der Waals surface area contributed by atoms with E-state index in [2.05, 4.69) is 10.6 Å². The van der Waals surface area contributed by atoms with Gasteiger partial charge in [0.15, 0.2) is 0 Å². The standard InChI is InChI=1S/C20H24FN3O2.ClH/c1-3-13(2)18(22)20(26)23-12-14-4-6-15(7-5-14)19(25)24-17-10-8-16(21)9-11-17;/h4-11,13,18H,3,12,22H2,1-2H3,(H,23,26)(H,24,25);1H. The molecule has 27 heavy (non-hydrogen) atoms. The molecule has 0 saturated carbocycles. The number of anilines is 1. The summed E-state index contributed by atoms with van der Waals surface area (Å²) in [5.41, 5.74) is 7.76. The number of halogens is 2. The first-order chi connectivity index (χ1) is 12.4. The number of rotatable bonds is 7. The van der Waals surface area contributed by atoms with E-state index in [-0.39, 0.29) is 36.0 Å². The third kappa shape index (κ3) is 6.66. The molecule has 0 heterocycles. The first kappa shape index (κ1) is 22.6. The molecule has 0 aliphatic rings. The first-order valence-corrected chi connectivity index (χ1v) is 8.60. The van der Waals surface area contributed by atoms with Gasteiger partial charge in [0.05, 0.1) is 6.04 Å². The van der Waals surface area contributed by atoms with Crippen molar-refractivity contribution in [1.82, 2.24) is 5.32 Å². The van der Waals surface area contributed by atoms with Crippen molar-refractivity contribution in [3.8, 4) is 0 Å². The summed E-state index contributed by atoms with van der Waals surface area (Å²) in [4.78, 5) is 24.2. The highest BCUT2D eigenvalue weighted by Gasteiger charge is 2.18. The SMILES string of the molecule is CCC(C)C(N)C(=O)NCc1ccc(C(=O)Nc2ccc(F)cc2)cc1.Cl. The van der Waals surface area contributed by atoms with Crippen LogP contribution in [0.4, 0.5) is 10.1 Å². The number of nitrogens with two attached hydrogens (primary N) is 1. The molecule has 4 N–H and O–H groups in total. The summed E-state index contributed by atoms with van der Waals surface area (Å²) in [5.74, 6) is -0.710. The molecule has 0 bridgehead atoms. The summed E-state index contributed by atoms with van der Waals surface area (Å²) in [6, 6.07) is 11.9. The molecule has 0 aliphatic heterocycles. The highest BCUT2D eigenvalue weighted by molar-refractivity contribution is 6.04. The zero-order chi connectivity index (χ0) is 19.1. The van der Waals surface area contributed by atoms with Gasteiger partial charge in [-0.3, -0.25) is 9.59 Å². The molecule has 2 amide bonds. The van der Waals surface area contributed by atoms with Gasteiger partial charge < -0.3 is 16.4 Å². The maximum absolute atomic E-state index is 12.9. The number of nitrogens with one attached hydrogen (secondary N) is 2. The van der Waals surface area contributed by atoms with Crippen LogP contribution in [0, 0.1) is 11.7 Å². The Morgan fingerprint density at radius 3 is 2.22 bits per heavy atom. The van der Waals surface area contributed by atoms with Crippen LogP contribution in [-0.4, -0.2) is 17.9 Å². The summed E-state index contributed by atoms with van der Waals surface area (Å²) in [7, 11) is 0. The average molecular weight is 394 g/mol. The van der Waals surface area contributed by atoms with Gasteiger partial charge >= 0.3 is 0 Å². The Balaban J connectivity index is 0.00000364. The second-order valence-electron chi connectivity index (χ2n) is 6.29. The van der Waals surface area contributed by atoms with Gasteiger partial charge in [0.2, 0.25) is 5.91 Å². The van der Waals surface area contributed by atoms with Gasteiger partial charge in [-0.15, -0.1) is 12.4 Å². The number of benzene rings is 2. The summed E-state index contributed by atoms with van der Waals surface area (Å²) in [6.45, 7) is 4.29. The van der Waals surface area contributed by atoms with Gasteiger partial charge in [-0.25, -0.2) is 4.39 Å². The lowest BCUT2D eigenvalue weighted by molar-refractivity contribution is -0.123. The Hall–Kier alpha value is -2.44. The van der Waals surface area contributed by atoms with Crippen LogP contribution in [0.5, 0.6) is 0 Å². The van der Waals surface area contributed by atoms with E-state index < -0.39 is 6.04 Å². The molecule has 2 atom stereocenters. The lowest BCUT2D eigenvalue weighted by Crippen LogP contribution is -2.44. The van der Waals surface area contributed by atoms with E-state index >= 15 is 0 Å². The van der Waals surface area contributed by atoms with Crippen molar-refractivity contribution in [3.05, 3.63) is 65.5 Å². The second-order valence-corrected chi connectivity index (χ2v) is 6.29. The second kappa shape index (κ2) is 10.6. The van der Waals surface area contributed by atoms with E-state index in [9.17, 15) is 14.0 Å². The molecule has 7 heteroatoms. The average Bonchev–Trinajstić information content (AvgIpc) is 2.67. The number of hydrogen-bond acceptors (Lipinski definition) is 3. The molecule has 2 rings (SSSR count). The summed E-state index contributed by atoms with van der Waals surface area (Å²) in [5, 5.41) is 5.50. The molecule has 0 radical (unpaired) electrons. The van der Waals surface area contributed by atoms with Crippen LogP contribution < -0.4 is 16.4 Å². The Morgan fingerprint density at radius 2 is 1.67 bits per heavy atom. The van der Waals surface area contributed by atoms with Crippen LogP contribution in [0.1, 0.15) is 36.2 Å². The zero-order valence-corrected chi connectivity index (χ0v) is 16.2. The van der Waals surface area contributed by atoms with Crippen molar-refractivity contribution in [2.75, 3.05) is 5.32 Å². The molecule has 0 fully saturated rings. The van der Waals surface area contributed by atoms with Crippen molar-refractivity contribution in [2.24, 2.45) is 11.7 Å². The van der Waals surface area contributed by atoms with Crippen LogP contribution in [0.3, 0.4) is 0 Å². The molecule has 0 aromatic heterocycles. The van der Waals surface area contributed by atoms with Gasteiger partial charge in [0, 0.05) is 17.8 Å². The van der Waals surface area contributed by atoms with Crippen LogP contribution >= 0.6 is 12.4 Å². The number of amides is 2. The maximum Gasteiger partial charge on any atom is 0.255 e. The largest absolute Gasteiger partial charge is 0.351 e. The monoisotopic (exact) mass is 393 g/mol. The third-order valence-electron chi connectivity index (χ3n) is 4.34. The van der Waals surface area contributed by atoms with Crippen molar-refractivity contribution in [3.63, 3.8) is 0 Å². The minimum Gasteiger partial charge on any atom is -0.351 e. The normalized spacial score (nSPS) is 12.4. The van der Waals surface area contributed by atoms with E-state index in [1.165, 1.54) is 24.3 Å². The highest BCUT2D eigenvalue weighted by Crippen LogP contribution is 2.12. The Labute approximate surface area is 164 Å². The van der Waals surface area contributed by atoms with E-state index in [0.717, 1.165) is 12.0 Å². The molecule has 0 aliphatic carbocycles. The predicted octanol–water partition coefficient (Wildman–Crippen LogP) is 3.49. The van der Waals surface area contributed by atoms with Gasteiger partial charge in [-0.1, -0.05) is 32.4 Å². The topological polar surface area (TPSA) is 84.2 Å². The molecule has 2 unspecified atom stereocenters. The van der Waals surface area contributed by atoms with Crippen LogP contribution in [0.25, 0.3) is 0 Å². The molecule has 2 aromatic rings. The quantitative estimate of drug-likeness (QED) is 0.673. The molecule has 0 spiro atoms. The third-order valence-corrected chi connectivity index (χ3v) is 4.34. The summed E-state index contributed by atoms with van der Waals surface area (Å²) >= 11 is 0. The van der Waals surface area contributed by atoms with Crippen molar-refractivity contribution >= 4 is 29.9 Å². The molecule has 0 saturated heterocycles. The number of carbonyl (C=O) groups excluding carboxylic acids is 2. The van der Waals surface area contributed by atoms with Crippen LogP contribution in [-0.2, 0) is 11.3 Å². The minimum absolute atomic E-state index is 0. The Morgan fingerprint density at radius 1 is 1.07 bits per heavy atom. The fourth-order valence-electron chi connectivity index (χ4n) is 2.33. The van der Waals surface area contributed by atoms with E-state index in [1.807, 2.05) is 13.8 Å². The molecular formula is C20H25ClFN3O2. The number of hydrogen-bond donors (Lipinski definition) is 3. The van der Waals surface area contributed by atoms with E-state index in [1.54, 1.807) is 24.3 Å². The lowest BCUT2D eigenvalue weighted by atomic mass is 9.99. The first-order valence-electron chi connectivity index (χ1n) is 8.60. The number of carbonyl (C=O) groups is 2. The highest BCUT2D eigenvalue weighted by atomic mass is 35.5. The molecule has 146 valence electrons. The fraction of sp³-hybridized carbons (Fsp3) is 0.300. The van der Waals surface area contributed by atoms with Gasteiger partial charge in [0.25, 0.3) is 5.91 Å². The van der Waals surface area contributed by atoms with Crippen LogP contribution in [0.15, 0.2) is 48.5 Å². The van der Waals surface area contributed by atoms with Gasteiger partial charge in [-0.2, -0.15) is 0 Å². The van der Waals surface area contributed by atoms with Crippen LogP contribution in [0.2, 0.25) is 0 Å². The predicted molar refractivity (Wildman–Crippen MR) is 107 cm³/mol. The van der Waals surface area contributed by atoms with Crippen molar-refractivity contribution < 1.29 is 14.0 Å². The van der Waals surface area contributed by atoms with Crippen molar-refractivity contribution in [2.45, 2.75) is 32.9 Å². The molecule has 5 nitrogen and oxygen atoms in total. The van der Waals surface area contributed by atoms with E-state index in [0.29, 0.717) is 17.8 Å². The Kier molecular flexibility index (Phi) is 8.91. The fourth-order valence-corrected chi connectivity index (χ4v) is 2.33. The summed E-state index contributed by atoms with van der Waals surface area (Å²) in [6.07, 6.45) is 0.840. The van der Waals surface area contributed by atoms with Gasteiger partial charge in [0.1, 0.15) is 5.82 Å². The smallest absolute Gasteiger partial charge is 0.255 e. The Bertz CT molecular complexity index is 751. The molecule has 2 aromatic carbocycles. The molecular weight excluding hydrogens is 369 g/mol. The lowest BCUT2D eigenvalue weighted by Gasteiger charge is -2.17. The zero-order valence-electron chi connectivity index (χ0n) is 15.4. The van der Waals surface area contributed by atoms with Crippen molar-refractivity contribution in [1.29, 1.82) is 0 Å². The van der Waals surface area contributed by atoms with E-state index in [4.69, 9.17) is 5.73 Å².